The molecule has 0 spiro atoms. The van der Waals surface area contributed by atoms with Gasteiger partial charge >= 0.3 is 0 Å². The number of aromatic nitrogens is 1. The molecule has 1 heterocycles. The van der Waals surface area contributed by atoms with Crippen molar-refractivity contribution in [2.24, 2.45) is 7.05 Å². The molecule has 2 aromatic rings. The molecule has 2 rings (SSSR count). The molecule has 0 radical (unpaired) electrons. The van der Waals surface area contributed by atoms with Gasteiger partial charge in [0.15, 0.2) is 0 Å². The molecule has 0 aliphatic heterocycles. The Labute approximate surface area is 85.1 Å². The first-order valence-corrected chi connectivity index (χ1v) is 4.90. The van der Waals surface area contributed by atoms with Gasteiger partial charge in [0.1, 0.15) is 5.75 Å². The lowest BCUT2D eigenvalue weighted by Crippen LogP contribution is -1.84. The maximum absolute atomic E-state index is 5.12. The van der Waals surface area contributed by atoms with Crippen molar-refractivity contribution in [3.63, 3.8) is 0 Å². The van der Waals surface area contributed by atoms with Gasteiger partial charge in [-0.2, -0.15) is 0 Å². The summed E-state index contributed by atoms with van der Waals surface area (Å²) in [5, 5.41) is 1.22. The van der Waals surface area contributed by atoms with Crippen molar-refractivity contribution in [1.82, 2.24) is 4.57 Å². The molecular formula is C12H17NO. The van der Waals surface area contributed by atoms with Crippen molar-refractivity contribution in [2.45, 2.75) is 13.8 Å². The maximum Gasteiger partial charge on any atom is 0.119 e. The Kier molecular flexibility index (Phi) is 3.57. The van der Waals surface area contributed by atoms with Crippen molar-refractivity contribution >= 4 is 10.9 Å². The summed E-state index contributed by atoms with van der Waals surface area (Å²) in [6.45, 7) is 4.00. The Bertz CT molecular complexity index is 404. The summed E-state index contributed by atoms with van der Waals surface area (Å²) in [5.41, 5.74) is 1.23. The molecule has 14 heavy (non-hydrogen) atoms. The molecule has 0 bridgehead atoms. The second-order valence-corrected chi connectivity index (χ2v) is 2.85. The summed E-state index contributed by atoms with van der Waals surface area (Å²) < 4.78 is 7.21. The van der Waals surface area contributed by atoms with Crippen molar-refractivity contribution < 1.29 is 4.74 Å². The molecule has 0 saturated carbocycles. The van der Waals surface area contributed by atoms with Crippen LogP contribution in [-0.2, 0) is 7.05 Å². The van der Waals surface area contributed by atoms with E-state index in [9.17, 15) is 0 Å². The van der Waals surface area contributed by atoms with Gasteiger partial charge in [0.05, 0.1) is 7.11 Å². The SMILES string of the molecule is CC.COc1ccc2c(ccn2C)c1. The summed E-state index contributed by atoms with van der Waals surface area (Å²) in [6, 6.07) is 8.16. The highest BCUT2D eigenvalue weighted by atomic mass is 16.5. The van der Waals surface area contributed by atoms with E-state index in [0.29, 0.717) is 0 Å². The minimum Gasteiger partial charge on any atom is -0.497 e. The largest absolute Gasteiger partial charge is 0.497 e. The highest BCUT2D eigenvalue weighted by molar-refractivity contribution is 5.81. The van der Waals surface area contributed by atoms with Crippen LogP contribution in [0.3, 0.4) is 0 Å². The zero-order valence-corrected chi connectivity index (χ0v) is 9.24. The van der Waals surface area contributed by atoms with Gasteiger partial charge in [-0.3, -0.25) is 0 Å². The van der Waals surface area contributed by atoms with Gasteiger partial charge < -0.3 is 9.30 Å². The normalized spacial score (nSPS) is 9.43. The smallest absolute Gasteiger partial charge is 0.119 e. The second-order valence-electron chi connectivity index (χ2n) is 2.85. The van der Waals surface area contributed by atoms with Gasteiger partial charge in [0, 0.05) is 24.1 Å². The number of rotatable bonds is 1. The van der Waals surface area contributed by atoms with Crippen LogP contribution in [0.4, 0.5) is 0 Å². The van der Waals surface area contributed by atoms with Gasteiger partial charge in [-0.25, -0.2) is 0 Å². The third-order valence-corrected chi connectivity index (χ3v) is 2.09. The number of aryl methyl sites for hydroxylation is 1. The van der Waals surface area contributed by atoms with E-state index in [4.69, 9.17) is 4.74 Å². The van der Waals surface area contributed by atoms with Crippen LogP contribution in [0.25, 0.3) is 10.9 Å². The molecular weight excluding hydrogens is 174 g/mol. The van der Waals surface area contributed by atoms with Crippen LogP contribution in [-0.4, -0.2) is 11.7 Å². The molecule has 0 saturated heterocycles. The van der Waals surface area contributed by atoms with Gasteiger partial charge in [0.25, 0.3) is 0 Å². The number of methoxy groups -OCH3 is 1. The minimum absolute atomic E-state index is 0.911. The molecule has 2 heteroatoms. The quantitative estimate of drug-likeness (QED) is 0.675. The number of fused-ring (bicyclic) bond motifs is 1. The van der Waals surface area contributed by atoms with Gasteiger partial charge in [-0.1, -0.05) is 13.8 Å². The van der Waals surface area contributed by atoms with Crippen LogP contribution in [0.15, 0.2) is 30.5 Å². The zero-order valence-electron chi connectivity index (χ0n) is 9.24. The fourth-order valence-electron chi connectivity index (χ4n) is 1.39. The Balaban J connectivity index is 0.000000461. The van der Waals surface area contributed by atoms with Crippen molar-refractivity contribution in [2.75, 3.05) is 7.11 Å². The van der Waals surface area contributed by atoms with Crippen LogP contribution in [0.2, 0.25) is 0 Å². The van der Waals surface area contributed by atoms with Gasteiger partial charge in [-0.05, 0) is 24.3 Å². The van der Waals surface area contributed by atoms with Crippen molar-refractivity contribution in [1.29, 1.82) is 0 Å². The molecule has 0 amide bonds. The van der Waals surface area contributed by atoms with Gasteiger partial charge in [-0.15, -0.1) is 0 Å². The number of ether oxygens (including phenoxy) is 1. The second kappa shape index (κ2) is 4.70. The molecule has 0 atom stereocenters. The van der Waals surface area contributed by atoms with E-state index < -0.39 is 0 Å². The monoisotopic (exact) mass is 191 g/mol. The average molecular weight is 191 g/mol. The van der Waals surface area contributed by atoms with E-state index >= 15 is 0 Å². The van der Waals surface area contributed by atoms with Crippen LogP contribution in [0, 0.1) is 0 Å². The molecule has 0 N–H and O–H groups in total. The first kappa shape index (κ1) is 10.6. The minimum atomic E-state index is 0.911. The highest BCUT2D eigenvalue weighted by Gasteiger charge is 1.98. The third-order valence-electron chi connectivity index (χ3n) is 2.09. The first-order chi connectivity index (χ1) is 6.81. The summed E-state index contributed by atoms with van der Waals surface area (Å²) in [7, 11) is 3.72. The van der Waals surface area contributed by atoms with Crippen LogP contribution in [0.1, 0.15) is 13.8 Å². The van der Waals surface area contributed by atoms with Crippen molar-refractivity contribution in [3.8, 4) is 5.75 Å². The molecule has 76 valence electrons. The van der Waals surface area contributed by atoms with Crippen molar-refractivity contribution in [3.05, 3.63) is 30.5 Å². The molecule has 0 unspecified atom stereocenters. The van der Waals surface area contributed by atoms with E-state index in [1.54, 1.807) is 7.11 Å². The first-order valence-electron chi connectivity index (χ1n) is 4.90. The standard InChI is InChI=1S/C10H11NO.C2H6/c1-11-6-5-8-7-9(12-2)3-4-10(8)11;1-2/h3-7H,1-2H3;1-2H3. The number of benzene rings is 1. The highest BCUT2D eigenvalue weighted by Crippen LogP contribution is 2.20. The summed E-state index contributed by atoms with van der Waals surface area (Å²) in [4.78, 5) is 0. The van der Waals surface area contributed by atoms with E-state index in [2.05, 4.69) is 16.7 Å². The lowest BCUT2D eigenvalue weighted by Gasteiger charge is -1.99. The lowest BCUT2D eigenvalue weighted by atomic mass is 10.2. The molecule has 0 aliphatic rings. The van der Waals surface area contributed by atoms with Crippen LogP contribution >= 0.6 is 0 Å². The zero-order chi connectivity index (χ0) is 10.6. The Hall–Kier alpha value is -1.44. The third kappa shape index (κ3) is 1.90. The Morgan fingerprint density at radius 1 is 1.14 bits per heavy atom. The number of nitrogens with zero attached hydrogens (tertiary/aromatic N) is 1. The number of hydrogen-bond donors (Lipinski definition) is 0. The van der Waals surface area contributed by atoms with E-state index in [0.717, 1.165) is 5.75 Å². The molecule has 1 aromatic heterocycles. The number of hydrogen-bond acceptors (Lipinski definition) is 1. The van der Waals surface area contributed by atoms with E-state index in [1.807, 2.05) is 39.2 Å². The average Bonchev–Trinajstić information content (AvgIpc) is 2.63. The maximum atomic E-state index is 5.12. The molecule has 0 aliphatic carbocycles. The summed E-state index contributed by atoms with van der Waals surface area (Å²) >= 11 is 0. The van der Waals surface area contributed by atoms with Gasteiger partial charge in [0.2, 0.25) is 0 Å². The fraction of sp³-hybridized carbons (Fsp3) is 0.333. The van der Waals surface area contributed by atoms with E-state index in [1.165, 1.54) is 10.9 Å². The van der Waals surface area contributed by atoms with Crippen LogP contribution in [0.5, 0.6) is 5.75 Å². The fourth-order valence-corrected chi connectivity index (χ4v) is 1.39. The molecule has 2 nitrogen and oxygen atoms in total. The molecule has 1 aromatic carbocycles. The van der Waals surface area contributed by atoms with Crippen LogP contribution < -0.4 is 4.74 Å². The van der Waals surface area contributed by atoms with E-state index in [-0.39, 0.29) is 0 Å². The lowest BCUT2D eigenvalue weighted by molar-refractivity contribution is 0.415. The molecule has 0 fully saturated rings. The summed E-state index contributed by atoms with van der Waals surface area (Å²) in [6.07, 6.45) is 2.05. The Morgan fingerprint density at radius 3 is 2.50 bits per heavy atom. The predicted octanol–water partition coefficient (Wildman–Crippen LogP) is 3.21. The predicted molar refractivity (Wildman–Crippen MR) is 60.8 cm³/mol. The Morgan fingerprint density at radius 2 is 1.86 bits per heavy atom. The topological polar surface area (TPSA) is 14.2 Å². The summed E-state index contributed by atoms with van der Waals surface area (Å²) in [5.74, 6) is 0.911.